The quantitative estimate of drug-likeness (QED) is 0.837. The summed E-state index contributed by atoms with van der Waals surface area (Å²) in [5, 5.41) is 3.91. The lowest BCUT2D eigenvalue weighted by molar-refractivity contribution is -0.136. The summed E-state index contributed by atoms with van der Waals surface area (Å²) in [6.07, 6.45) is -2.06. The maximum absolute atomic E-state index is 12.9. The first-order valence-corrected chi connectivity index (χ1v) is 8.97. The zero-order valence-electron chi connectivity index (χ0n) is 13.5. The molecule has 0 radical (unpaired) electrons. The Morgan fingerprint density at radius 2 is 1.96 bits per heavy atom. The summed E-state index contributed by atoms with van der Waals surface area (Å²) in [5.74, 6) is -1.09. The number of carbonyl (C=O) groups excluding carboxylic acids is 3. The minimum absolute atomic E-state index is 0.0241. The number of carbonyl (C=O) groups is 3. The molecule has 1 aromatic carbocycles. The molecular weight excluding hydrogens is 362 g/mol. The topological polar surface area (TPSA) is 66.5 Å². The number of thiophene rings is 1. The molecule has 3 amide bonds. The highest BCUT2D eigenvalue weighted by Gasteiger charge is 2.39. The van der Waals surface area contributed by atoms with Crippen LogP contribution in [0.1, 0.15) is 40.1 Å². The normalized spacial score (nSPS) is 19.9. The summed E-state index contributed by atoms with van der Waals surface area (Å²) >= 11 is 0.978. The summed E-state index contributed by atoms with van der Waals surface area (Å²) in [7, 11) is 0. The molecule has 0 saturated carbocycles. The second-order valence-corrected chi connectivity index (χ2v) is 7.21. The Balaban J connectivity index is 1.68. The monoisotopic (exact) mass is 376 g/mol. The number of alkyl halides is 2. The number of nitrogens with one attached hydrogen (secondary N) is 1. The molecule has 1 aromatic heterocycles. The number of rotatable bonds is 3. The molecule has 2 aliphatic rings. The van der Waals surface area contributed by atoms with Gasteiger partial charge in [0.25, 0.3) is 12.3 Å². The molecule has 1 fully saturated rings. The Bertz CT molecular complexity index is 925. The van der Waals surface area contributed by atoms with E-state index < -0.39 is 18.4 Å². The van der Waals surface area contributed by atoms with Crippen LogP contribution in [0, 0.1) is 0 Å². The highest BCUT2D eigenvalue weighted by molar-refractivity contribution is 7.10. The van der Waals surface area contributed by atoms with Gasteiger partial charge in [-0.3, -0.25) is 19.7 Å². The Hall–Kier alpha value is -2.61. The first kappa shape index (κ1) is 16.8. The molecule has 1 N–H and O–H groups in total. The SMILES string of the molecule is O=C1CCC(N2Cc3c(cccc3-c3csc(C(F)F)c3)C2=O)C(=O)N1. The third-order valence-corrected chi connectivity index (χ3v) is 5.67. The number of piperidine rings is 1. The van der Waals surface area contributed by atoms with E-state index in [1.165, 1.54) is 11.0 Å². The molecule has 8 heteroatoms. The molecule has 0 spiro atoms. The van der Waals surface area contributed by atoms with Gasteiger partial charge in [0.1, 0.15) is 6.04 Å². The molecule has 26 heavy (non-hydrogen) atoms. The molecule has 3 heterocycles. The fourth-order valence-electron chi connectivity index (χ4n) is 3.46. The van der Waals surface area contributed by atoms with Gasteiger partial charge in [0.2, 0.25) is 11.8 Å². The van der Waals surface area contributed by atoms with Crippen LogP contribution in [0.2, 0.25) is 0 Å². The second kappa shape index (κ2) is 6.28. The van der Waals surface area contributed by atoms with E-state index in [9.17, 15) is 23.2 Å². The van der Waals surface area contributed by atoms with Gasteiger partial charge in [0, 0.05) is 18.5 Å². The van der Waals surface area contributed by atoms with Gasteiger partial charge in [-0.25, -0.2) is 8.78 Å². The third kappa shape index (κ3) is 2.70. The van der Waals surface area contributed by atoms with Crippen LogP contribution in [0.3, 0.4) is 0 Å². The minimum Gasteiger partial charge on any atom is -0.322 e. The molecular formula is C18H14F2N2O3S. The Morgan fingerprint density at radius 1 is 1.19 bits per heavy atom. The van der Waals surface area contributed by atoms with E-state index in [0.29, 0.717) is 16.7 Å². The fraction of sp³-hybridized carbons (Fsp3) is 0.278. The second-order valence-electron chi connectivity index (χ2n) is 6.27. The molecule has 1 saturated heterocycles. The number of imide groups is 1. The van der Waals surface area contributed by atoms with Gasteiger partial charge < -0.3 is 4.90 Å². The fourth-order valence-corrected chi connectivity index (χ4v) is 4.22. The van der Waals surface area contributed by atoms with Crippen LogP contribution in [0.25, 0.3) is 11.1 Å². The standard InChI is InChI=1S/C18H14F2N2O3S/c19-16(20)14-6-9(8-26-14)10-2-1-3-11-12(10)7-22(18(11)25)13-4-5-15(23)21-17(13)24/h1-3,6,8,13,16H,4-5,7H2,(H,21,23,24). The molecule has 0 bridgehead atoms. The first-order chi connectivity index (χ1) is 12.5. The minimum atomic E-state index is -2.54. The van der Waals surface area contributed by atoms with Gasteiger partial charge >= 0.3 is 0 Å². The van der Waals surface area contributed by atoms with Crippen molar-refractivity contribution in [2.75, 3.05) is 0 Å². The third-order valence-electron chi connectivity index (χ3n) is 4.73. The lowest BCUT2D eigenvalue weighted by Gasteiger charge is -2.29. The number of hydrogen-bond acceptors (Lipinski definition) is 4. The van der Waals surface area contributed by atoms with Gasteiger partial charge in [-0.15, -0.1) is 11.3 Å². The zero-order chi connectivity index (χ0) is 18.4. The Labute approximate surface area is 151 Å². The number of nitrogens with zero attached hydrogens (tertiary/aromatic N) is 1. The van der Waals surface area contributed by atoms with E-state index in [4.69, 9.17) is 0 Å². The van der Waals surface area contributed by atoms with Crippen molar-refractivity contribution < 1.29 is 23.2 Å². The van der Waals surface area contributed by atoms with Gasteiger partial charge in [-0.2, -0.15) is 0 Å². The number of fused-ring (bicyclic) bond motifs is 1. The summed E-state index contributed by atoms with van der Waals surface area (Å²) in [6.45, 7) is 0.219. The summed E-state index contributed by atoms with van der Waals surface area (Å²) in [6, 6.07) is 5.91. The molecule has 4 rings (SSSR count). The molecule has 2 aromatic rings. The smallest absolute Gasteiger partial charge is 0.272 e. The van der Waals surface area contributed by atoms with E-state index in [0.717, 1.165) is 16.9 Å². The molecule has 2 aliphatic heterocycles. The van der Waals surface area contributed by atoms with Crippen molar-refractivity contribution in [1.29, 1.82) is 0 Å². The highest BCUT2D eigenvalue weighted by atomic mass is 32.1. The van der Waals surface area contributed by atoms with Gasteiger partial charge in [0.15, 0.2) is 0 Å². The average Bonchev–Trinajstić information content (AvgIpc) is 3.21. The predicted octanol–water partition coefficient (Wildman–Crippen LogP) is 3.11. The summed E-state index contributed by atoms with van der Waals surface area (Å²) in [5.41, 5.74) is 2.55. The average molecular weight is 376 g/mol. The summed E-state index contributed by atoms with van der Waals surface area (Å²) < 4.78 is 25.8. The van der Waals surface area contributed by atoms with Crippen molar-refractivity contribution in [1.82, 2.24) is 10.2 Å². The van der Waals surface area contributed by atoms with Crippen molar-refractivity contribution in [3.8, 4) is 11.1 Å². The van der Waals surface area contributed by atoms with Crippen LogP contribution < -0.4 is 5.32 Å². The van der Waals surface area contributed by atoms with Gasteiger partial charge in [0.05, 0.1) is 4.88 Å². The van der Waals surface area contributed by atoms with Crippen LogP contribution in [-0.4, -0.2) is 28.7 Å². The van der Waals surface area contributed by atoms with Gasteiger partial charge in [-0.1, -0.05) is 12.1 Å². The van der Waals surface area contributed by atoms with Crippen LogP contribution in [0.15, 0.2) is 29.6 Å². The first-order valence-electron chi connectivity index (χ1n) is 8.09. The zero-order valence-corrected chi connectivity index (χ0v) is 14.3. The summed E-state index contributed by atoms with van der Waals surface area (Å²) in [4.78, 5) is 37.6. The van der Waals surface area contributed by atoms with Crippen molar-refractivity contribution >= 4 is 29.1 Å². The van der Waals surface area contributed by atoms with Crippen molar-refractivity contribution in [3.63, 3.8) is 0 Å². The maximum Gasteiger partial charge on any atom is 0.272 e. The Morgan fingerprint density at radius 3 is 2.65 bits per heavy atom. The van der Waals surface area contributed by atoms with Gasteiger partial charge in [-0.05, 0) is 40.6 Å². The molecule has 1 atom stereocenters. The highest BCUT2D eigenvalue weighted by Crippen LogP contribution is 2.38. The lowest BCUT2D eigenvalue weighted by atomic mass is 9.99. The number of hydrogen-bond donors (Lipinski definition) is 1. The van der Waals surface area contributed by atoms with Crippen molar-refractivity contribution in [2.24, 2.45) is 0 Å². The van der Waals surface area contributed by atoms with E-state index in [1.54, 1.807) is 23.6 Å². The Kier molecular flexibility index (Phi) is 4.07. The molecule has 1 unspecified atom stereocenters. The van der Waals surface area contributed by atoms with E-state index in [1.807, 2.05) is 0 Å². The molecule has 134 valence electrons. The van der Waals surface area contributed by atoms with E-state index in [2.05, 4.69) is 5.32 Å². The van der Waals surface area contributed by atoms with E-state index in [-0.39, 0.29) is 36.1 Å². The van der Waals surface area contributed by atoms with Crippen LogP contribution in [-0.2, 0) is 16.1 Å². The number of benzene rings is 1. The molecule has 0 aliphatic carbocycles. The molecule has 5 nitrogen and oxygen atoms in total. The van der Waals surface area contributed by atoms with Crippen molar-refractivity contribution in [3.05, 3.63) is 45.6 Å². The van der Waals surface area contributed by atoms with Crippen LogP contribution in [0.4, 0.5) is 8.78 Å². The number of amides is 3. The van der Waals surface area contributed by atoms with Crippen molar-refractivity contribution in [2.45, 2.75) is 31.9 Å². The van der Waals surface area contributed by atoms with Crippen LogP contribution in [0.5, 0.6) is 0 Å². The number of halogens is 2. The predicted molar refractivity (Wildman–Crippen MR) is 90.8 cm³/mol. The van der Waals surface area contributed by atoms with Crippen LogP contribution >= 0.6 is 11.3 Å². The maximum atomic E-state index is 12.9. The lowest BCUT2D eigenvalue weighted by Crippen LogP contribution is -2.52. The van der Waals surface area contributed by atoms with E-state index >= 15 is 0 Å². The largest absolute Gasteiger partial charge is 0.322 e.